The maximum Gasteiger partial charge on any atom is 0.339 e. The van der Waals surface area contributed by atoms with E-state index in [1.165, 1.54) is 0 Å². The Labute approximate surface area is 108 Å². The second-order valence-corrected chi connectivity index (χ2v) is 11.8. The van der Waals surface area contributed by atoms with E-state index in [0.29, 0.717) is 0 Å². The first kappa shape index (κ1) is 13.2. The van der Waals surface area contributed by atoms with Crippen LogP contribution in [0.5, 0.6) is 0 Å². The minimum absolute atomic E-state index is 0. The first-order valence-corrected chi connectivity index (χ1v) is 4.48. The van der Waals surface area contributed by atoms with Crippen LogP contribution in [0.2, 0.25) is 0 Å². The van der Waals surface area contributed by atoms with Crippen molar-refractivity contribution >= 4 is 73.7 Å². The Morgan fingerprint density at radius 2 is 1.50 bits per heavy atom. The van der Waals surface area contributed by atoms with Crippen LogP contribution in [0.3, 0.4) is 0 Å². The van der Waals surface area contributed by atoms with Crippen molar-refractivity contribution in [3.05, 3.63) is 0 Å². The van der Waals surface area contributed by atoms with E-state index in [9.17, 15) is 4.79 Å². The second kappa shape index (κ2) is 5.26. The minimum atomic E-state index is -0.797. The number of alkyl halides is 3. The van der Waals surface area contributed by atoms with E-state index in [4.69, 9.17) is 5.11 Å². The smallest absolute Gasteiger partial charge is 0.339 e. The molecule has 2 nitrogen and oxygen atoms in total. The Hall–Kier alpha value is 2.58. The van der Waals surface area contributed by atoms with E-state index in [1.54, 1.807) is 0 Å². The summed E-state index contributed by atoms with van der Waals surface area (Å²) in [6, 6.07) is 0. The standard InChI is InChI=1S/C2HI3O2.Cd/c3-2(4,5)1(6)7;/h(H,6,7);. The van der Waals surface area contributed by atoms with E-state index >= 15 is 0 Å². The first-order chi connectivity index (χ1) is 2.94. The van der Waals surface area contributed by atoms with Crippen molar-refractivity contribution in [2.75, 3.05) is 0 Å². The van der Waals surface area contributed by atoms with E-state index in [1.807, 2.05) is 67.8 Å². The predicted molar refractivity (Wildman–Crippen MR) is 52.4 cm³/mol. The number of hydrogen-bond donors (Lipinski definition) is 1. The molecule has 8 heavy (non-hydrogen) atoms. The summed E-state index contributed by atoms with van der Waals surface area (Å²) in [4.78, 5) is 10.00. The van der Waals surface area contributed by atoms with Gasteiger partial charge in [-0.2, -0.15) is 0 Å². The summed E-state index contributed by atoms with van der Waals surface area (Å²) in [6.07, 6.45) is 0. The third kappa shape index (κ3) is 6.70. The predicted octanol–water partition coefficient (Wildman–Crippen LogP) is 2.03. The molecular formula is C2HCdI3O2. The van der Waals surface area contributed by atoms with Gasteiger partial charge in [-0.15, -0.1) is 0 Å². The van der Waals surface area contributed by atoms with Gasteiger partial charge in [0, 0.05) is 27.3 Å². The van der Waals surface area contributed by atoms with Crippen molar-refractivity contribution in [3.63, 3.8) is 0 Å². The van der Waals surface area contributed by atoms with Crippen LogP contribution in [-0.2, 0) is 32.1 Å². The molecule has 0 fully saturated rings. The molecule has 0 spiro atoms. The largest absolute Gasteiger partial charge is 0.479 e. The molecule has 0 rings (SSSR count). The summed E-state index contributed by atoms with van der Waals surface area (Å²) in [6.45, 7) is 0. The van der Waals surface area contributed by atoms with Crippen LogP contribution in [0.25, 0.3) is 0 Å². The molecule has 0 atom stereocenters. The molecule has 0 radical (unpaired) electrons. The summed E-state index contributed by atoms with van der Waals surface area (Å²) >= 11 is 5.52. The van der Waals surface area contributed by atoms with Crippen molar-refractivity contribution in [1.29, 1.82) is 0 Å². The molecular weight excluding hydrogens is 549 g/mol. The molecule has 0 heterocycles. The van der Waals surface area contributed by atoms with Gasteiger partial charge in [0.25, 0.3) is 0 Å². The summed E-state index contributed by atoms with van der Waals surface area (Å²) in [5.41, 5.74) is 0. The second-order valence-electron chi connectivity index (χ2n) is 0.803. The zero-order valence-corrected chi connectivity index (χ0v) is 14.2. The molecule has 0 aliphatic heterocycles. The molecule has 0 bridgehead atoms. The van der Waals surface area contributed by atoms with Crippen LogP contribution >= 0.6 is 67.8 Å². The molecule has 0 aromatic heterocycles. The fraction of sp³-hybridized carbons (Fsp3) is 0.500. The van der Waals surface area contributed by atoms with Crippen molar-refractivity contribution in [1.82, 2.24) is 0 Å². The summed E-state index contributed by atoms with van der Waals surface area (Å²) in [7, 11) is 0. The van der Waals surface area contributed by atoms with Crippen molar-refractivity contribution in [2.45, 2.75) is -0.565 Å². The Kier molecular flexibility index (Phi) is 8.68. The zero-order valence-electron chi connectivity index (χ0n) is 3.70. The van der Waals surface area contributed by atoms with Crippen molar-refractivity contribution in [3.8, 4) is 0 Å². The third-order valence-corrected chi connectivity index (χ3v) is 1.63. The Morgan fingerprint density at radius 3 is 1.50 bits per heavy atom. The first-order valence-electron chi connectivity index (χ1n) is 1.24. The molecule has 44 valence electrons. The normalized spacial score (nSPS) is 9.88. The van der Waals surface area contributed by atoms with E-state index in [2.05, 4.69) is 0 Å². The summed E-state index contributed by atoms with van der Waals surface area (Å²) in [5, 5.41) is 8.23. The average Bonchev–Trinajstić information content (AvgIpc) is 1.31. The number of halogens is 3. The number of hydrogen-bond acceptors (Lipinski definition) is 1. The minimum Gasteiger partial charge on any atom is -0.479 e. The molecule has 1 N–H and O–H groups in total. The summed E-state index contributed by atoms with van der Waals surface area (Å²) < 4.78 is -0.673. The van der Waals surface area contributed by atoms with Gasteiger partial charge < -0.3 is 5.11 Å². The van der Waals surface area contributed by atoms with Gasteiger partial charge >= 0.3 is 5.97 Å². The number of aliphatic carboxylic acids is 1. The van der Waals surface area contributed by atoms with Crippen LogP contribution < -0.4 is 0 Å². The topological polar surface area (TPSA) is 37.3 Å². The number of rotatable bonds is 1. The van der Waals surface area contributed by atoms with Crippen molar-refractivity contribution in [2.24, 2.45) is 0 Å². The molecule has 0 aliphatic carbocycles. The number of carboxylic acid groups (broad SMARTS) is 1. The molecule has 0 amide bonds. The van der Waals surface area contributed by atoms with Gasteiger partial charge in [0.05, 0.1) is 0 Å². The fourth-order valence-electron chi connectivity index (χ4n) is 0. The van der Waals surface area contributed by atoms with Gasteiger partial charge in [-0.3, -0.25) is 0 Å². The molecule has 6 heteroatoms. The third-order valence-electron chi connectivity index (χ3n) is 0.243. The number of carbonyl (C=O) groups is 1. The molecule has 0 aromatic rings. The van der Waals surface area contributed by atoms with E-state index in [-0.39, 0.29) is 27.3 Å². The van der Waals surface area contributed by atoms with Gasteiger partial charge in [-0.25, -0.2) is 4.79 Å². The maximum atomic E-state index is 10.00. The molecule has 0 aromatic carbocycles. The van der Waals surface area contributed by atoms with E-state index in [0.717, 1.165) is 0 Å². The molecule has 0 saturated carbocycles. The van der Waals surface area contributed by atoms with E-state index < -0.39 is 5.40 Å². The summed E-state index contributed by atoms with van der Waals surface area (Å²) in [5.74, 6) is -0.797. The average molecular weight is 550 g/mol. The zero-order chi connectivity index (χ0) is 6.08. The Morgan fingerprint density at radius 1 is 1.38 bits per heavy atom. The van der Waals surface area contributed by atoms with Gasteiger partial charge in [-0.1, -0.05) is 0 Å². The van der Waals surface area contributed by atoms with Crippen LogP contribution in [-0.4, -0.2) is 10.5 Å². The van der Waals surface area contributed by atoms with Crippen molar-refractivity contribution < 1.29 is 37.2 Å². The Bertz CT molecular complexity index is 87.8. The fourth-order valence-corrected chi connectivity index (χ4v) is 0. The SMILES string of the molecule is O=C(O)C(I)(I)I.[Cd]. The van der Waals surface area contributed by atoms with Crippen LogP contribution in [0.15, 0.2) is 0 Å². The van der Waals surface area contributed by atoms with Crippen LogP contribution in [0, 0.1) is 0 Å². The molecule has 0 unspecified atom stereocenters. The monoisotopic (exact) mass is 552 g/mol. The van der Waals surface area contributed by atoms with Gasteiger partial charge in [0.2, 0.25) is -0.565 Å². The van der Waals surface area contributed by atoms with Crippen LogP contribution in [0.1, 0.15) is 0 Å². The van der Waals surface area contributed by atoms with Crippen LogP contribution in [0.4, 0.5) is 0 Å². The molecule has 0 aliphatic rings. The number of carboxylic acids is 1. The quantitative estimate of drug-likeness (QED) is 0.309. The molecule has 0 saturated heterocycles. The van der Waals surface area contributed by atoms with Gasteiger partial charge in [0.15, 0.2) is 0 Å². The van der Waals surface area contributed by atoms with Gasteiger partial charge in [0.1, 0.15) is 0 Å². The Balaban J connectivity index is 0. The van der Waals surface area contributed by atoms with Gasteiger partial charge in [-0.05, 0) is 67.8 Å². The maximum absolute atomic E-state index is 10.00.